The first-order chi connectivity index (χ1) is 13.1. The monoisotopic (exact) mass is 367 g/mol. The van der Waals surface area contributed by atoms with Gasteiger partial charge in [0, 0.05) is 11.1 Å². The molecule has 8 heteroatoms. The van der Waals surface area contributed by atoms with Crippen molar-refractivity contribution in [3.8, 4) is 17.2 Å². The second kappa shape index (κ2) is 8.13. The third kappa shape index (κ3) is 4.49. The third-order valence-corrected chi connectivity index (χ3v) is 3.78. The molecule has 0 spiro atoms. The minimum Gasteiger partial charge on any atom is -0.508 e. The molecule has 8 nitrogen and oxygen atoms in total. The van der Waals surface area contributed by atoms with Crippen molar-refractivity contribution >= 4 is 12.1 Å². The van der Waals surface area contributed by atoms with Crippen molar-refractivity contribution in [1.82, 2.24) is 15.0 Å². The van der Waals surface area contributed by atoms with Gasteiger partial charge in [-0.1, -0.05) is 5.21 Å². The molecule has 0 radical (unpaired) electrons. The van der Waals surface area contributed by atoms with Gasteiger partial charge in [0.1, 0.15) is 30.9 Å². The molecule has 0 aliphatic carbocycles. The number of benzene rings is 2. The molecule has 1 N–H and O–H groups in total. The molecule has 0 amide bonds. The lowest BCUT2D eigenvalue weighted by Gasteiger charge is -2.09. The van der Waals surface area contributed by atoms with Gasteiger partial charge in [0.15, 0.2) is 17.3 Å². The van der Waals surface area contributed by atoms with Crippen molar-refractivity contribution in [2.24, 2.45) is 0 Å². The van der Waals surface area contributed by atoms with E-state index in [1.807, 2.05) is 0 Å². The van der Waals surface area contributed by atoms with Crippen LogP contribution in [0, 0.1) is 0 Å². The molecule has 2 aromatic carbocycles. The summed E-state index contributed by atoms with van der Waals surface area (Å²) in [5, 5.41) is 17.2. The van der Waals surface area contributed by atoms with Gasteiger partial charge in [-0.2, -0.15) is 0 Å². The summed E-state index contributed by atoms with van der Waals surface area (Å²) in [6.07, 6.45) is 2.34. The van der Waals surface area contributed by atoms with E-state index in [1.165, 1.54) is 23.9 Å². The number of methoxy groups -OCH3 is 1. The van der Waals surface area contributed by atoms with Crippen LogP contribution < -0.4 is 9.47 Å². The standard InChI is InChI=1S/C19H17N3O5/c1-26-19-8-13(11-23)2-7-18(19)27-12-15-9-22(21-20-15)10-17(25)14-3-5-16(24)6-4-14/h2-9,11,24H,10,12H2,1H3. The number of phenolic OH excluding ortho intramolecular Hbond substituents is 1. The SMILES string of the molecule is COc1cc(C=O)ccc1OCc1cn(CC(=O)c2ccc(O)cc2)nn1. The van der Waals surface area contributed by atoms with Gasteiger partial charge < -0.3 is 14.6 Å². The number of rotatable bonds is 8. The molecule has 0 atom stereocenters. The number of hydrogen-bond donors (Lipinski definition) is 1. The molecule has 0 unspecified atom stereocenters. The number of hydrogen-bond acceptors (Lipinski definition) is 7. The Balaban J connectivity index is 1.62. The number of carbonyl (C=O) groups is 2. The molecule has 0 aliphatic rings. The number of ketones is 1. The molecule has 138 valence electrons. The number of ether oxygens (including phenoxy) is 2. The maximum Gasteiger partial charge on any atom is 0.184 e. The second-order valence-corrected chi connectivity index (χ2v) is 5.69. The van der Waals surface area contributed by atoms with E-state index in [2.05, 4.69) is 10.3 Å². The van der Waals surface area contributed by atoms with E-state index in [1.54, 1.807) is 36.5 Å². The molecule has 3 rings (SSSR count). The average molecular weight is 367 g/mol. The summed E-state index contributed by atoms with van der Waals surface area (Å²) in [6.45, 7) is 0.152. The van der Waals surface area contributed by atoms with E-state index in [0.29, 0.717) is 28.3 Å². The summed E-state index contributed by atoms with van der Waals surface area (Å²) < 4.78 is 12.3. The molecule has 1 heterocycles. The van der Waals surface area contributed by atoms with Crippen LogP contribution in [0.25, 0.3) is 0 Å². The summed E-state index contributed by atoms with van der Waals surface area (Å²) in [5.41, 5.74) is 1.49. The van der Waals surface area contributed by atoms with Crippen LogP contribution >= 0.6 is 0 Å². The van der Waals surface area contributed by atoms with E-state index >= 15 is 0 Å². The highest BCUT2D eigenvalue weighted by Gasteiger charge is 2.11. The van der Waals surface area contributed by atoms with Gasteiger partial charge in [0.25, 0.3) is 0 Å². The van der Waals surface area contributed by atoms with E-state index in [4.69, 9.17) is 9.47 Å². The van der Waals surface area contributed by atoms with Gasteiger partial charge in [-0.05, 0) is 42.5 Å². The molecule has 0 bridgehead atoms. The lowest BCUT2D eigenvalue weighted by Crippen LogP contribution is -2.10. The molecule has 3 aromatic rings. The highest BCUT2D eigenvalue weighted by Crippen LogP contribution is 2.28. The lowest BCUT2D eigenvalue weighted by atomic mass is 10.1. The summed E-state index contributed by atoms with van der Waals surface area (Å²) >= 11 is 0. The van der Waals surface area contributed by atoms with E-state index in [-0.39, 0.29) is 24.7 Å². The summed E-state index contributed by atoms with van der Waals surface area (Å²) in [7, 11) is 1.49. The maximum atomic E-state index is 12.2. The predicted octanol–water partition coefficient (Wildman–Crippen LogP) is 2.27. The van der Waals surface area contributed by atoms with Crippen LogP contribution in [-0.4, -0.2) is 39.3 Å². The average Bonchev–Trinajstić information content (AvgIpc) is 3.14. The third-order valence-electron chi connectivity index (χ3n) is 3.78. The summed E-state index contributed by atoms with van der Waals surface area (Å²) in [5.74, 6) is 0.856. The van der Waals surface area contributed by atoms with Crippen molar-refractivity contribution < 1.29 is 24.2 Å². The van der Waals surface area contributed by atoms with Crippen molar-refractivity contribution in [2.45, 2.75) is 13.2 Å². The Bertz CT molecular complexity index is 950. The fourth-order valence-electron chi connectivity index (χ4n) is 2.40. The first-order valence-corrected chi connectivity index (χ1v) is 8.06. The number of phenols is 1. The van der Waals surface area contributed by atoms with Crippen LogP contribution in [-0.2, 0) is 13.2 Å². The number of Topliss-reactive ketones (excluding diaryl/α,β-unsaturated/α-hetero) is 1. The number of carbonyl (C=O) groups excluding carboxylic acids is 2. The first-order valence-electron chi connectivity index (χ1n) is 8.06. The lowest BCUT2D eigenvalue weighted by molar-refractivity contribution is 0.0966. The summed E-state index contributed by atoms with van der Waals surface area (Å²) in [4.78, 5) is 23.0. The van der Waals surface area contributed by atoms with Crippen LogP contribution in [0.5, 0.6) is 17.2 Å². The molecule has 0 aliphatic heterocycles. The Morgan fingerprint density at radius 3 is 2.67 bits per heavy atom. The van der Waals surface area contributed by atoms with Crippen LogP contribution in [0.15, 0.2) is 48.7 Å². The topological polar surface area (TPSA) is 104 Å². The van der Waals surface area contributed by atoms with E-state index in [0.717, 1.165) is 6.29 Å². The minimum absolute atomic E-state index is 0.0229. The van der Waals surface area contributed by atoms with Crippen molar-refractivity contribution in [1.29, 1.82) is 0 Å². The van der Waals surface area contributed by atoms with Crippen molar-refractivity contribution in [3.63, 3.8) is 0 Å². The molecule has 1 aromatic heterocycles. The second-order valence-electron chi connectivity index (χ2n) is 5.69. The normalized spacial score (nSPS) is 10.4. The van der Waals surface area contributed by atoms with Gasteiger partial charge in [-0.15, -0.1) is 5.10 Å². The van der Waals surface area contributed by atoms with E-state index in [9.17, 15) is 14.7 Å². The zero-order valence-electron chi connectivity index (χ0n) is 14.5. The van der Waals surface area contributed by atoms with Crippen LogP contribution in [0.1, 0.15) is 26.4 Å². The number of nitrogens with zero attached hydrogens (tertiary/aromatic N) is 3. The molecule has 0 saturated heterocycles. The quantitative estimate of drug-likeness (QED) is 0.481. The van der Waals surface area contributed by atoms with E-state index < -0.39 is 0 Å². The Morgan fingerprint density at radius 1 is 1.19 bits per heavy atom. The predicted molar refractivity (Wildman–Crippen MR) is 95.2 cm³/mol. The zero-order valence-corrected chi connectivity index (χ0v) is 14.5. The molecular formula is C19H17N3O5. The van der Waals surface area contributed by atoms with Crippen molar-refractivity contribution in [2.75, 3.05) is 7.11 Å². The number of aromatic hydroxyl groups is 1. The van der Waals surface area contributed by atoms with Gasteiger partial charge in [-0.25, -0.2) is 4.68 Å². The fourth-order valence-corrected chi connectivity index (χ4v) is 2.40. The van der Waals surface area contributed by atoms with Gasteiger partial charge in [0.05, 0.1) is 13.3 Å². The van der Waals surface area contributed by atoms with Gasteiger partial charge >= 0.3 is 0 Å². The Kier molecular flexibility index (Phi) is 5.46. The van der Waals surface area contributed by atoms with Gasteiger partial charge in [-0.3, -0.25) is 9.59 Å². The Hall–Kier alpha value is -3.68. The Labute approximate surface area is 155 Å². The largest absolute Gasteiger partial charge is 0.508 e. The van der Waals surface area contributed by atoms with Crippen LogP contribution in [0.2, 0.25) is 0 Å². The summed E-state index contributed by atoms with van der Waals surface area (Å²) in [6, 6.07) is 10.9. The maximum absolute atomic E-state index is 12.2. The first kappa shape index (κ1) is 18.1. The Morgan fingerprint density at radius 2 is 1.96 bits per heavy atom. The van der Waals surface area contributed by atoms with Gasteiger partial charge in [0.2, 0.25) is 0 Å². The molecule has 0 fully saturated rings. The van der Waals surface area contributed by atoms with Crippen LogP contribution in [0.4, 0.5) is 0 Å². The highest BCUT2D eigenvalue weighted by molar-refractivity contribution is 5.95. The number of aromatic nitrogens is 3. The molecule has 0 saturated carbocycles. The minimum atomic E-state index is -0.154. The zero-order chi connectivity index (χ0) is 19.2. The smallest absolute Gasteiger partial charge is 0.184 e. The molecule has 27 heavy (non-hydrogen) atoms. The van der Waals surface area contributed by atoms with Crippen LogP contribution in [0.3, 0.4) is 0 Å². The van der Waals surface area contributed by atoms with Crippen molar-refractivity contribution in [3.05, 3.63) is 65.5 Å². The highest BCUT2D eigenvalue weighted by atomic mass is 16.5. The molecular weight excluding hydrogens is 350 g/mol. The fraction of sp³-hybridized carbons (Fsp3) is 0.158. The number of aldehydes is 1.